The van der Waals surface area contributed by atoms with E-state index in [1.165, 1.54) is 49.7 Å². The van der Waals surface area contributed by atoms with Crippen LogP contribution in [0.1, 0.15) is 68.7 Å². The highest BCUT2D eigenvalue weighted by Crippen LogP contribution is 2.47. The summed E-state index contributed by atoms with van der Waals surface area (Å²) in [5.74, 6) is 3.17. The van der Waals surface area contributed by atoms with Crippen LogP contribution < -0.4 is 4.74 Å². The van der Waals surface area contributed by atoms with Crippen LogP contribution >= 0.6 is 0 Å². The van der Waals surface area contributed by atoms with E-state index in [4.69, 9.17) is 4.74 Å². The van der Waals surface area contributed by atoms with Gasteiger partial charge < -0.3 is 4.74 Å². The Morgan fingerprint density at radius 2 is 1.82 bits per heavy atom. The van der Waals surface area contributed by atoms with Crippen LogP contribution in [0.5, 0.6) is 5.75 Å². The molecule has 0 saturated heterocycles. The molecule has 28 heavy (non-hydrogen) atoms. The molecule has 2 aromatic carbocycles. The van der Waals surface area contributed by atoms with Crippen LogP contribution in [0.3, 0.4) is 0 Å². The third-order valence-corrected chi connectivity index (χ3v) is 6.89. The van der Waals surface area contributed by atoms with E-state index in [0.29, 0.717) is 5.92 Å². The number of aryl methyl sites for hydroxylation is 1. The molecule has 2 aliphatic carbocycles. The lowest BCUT2D eigenvalue weighted by atomic mass is 9.68. The van der Waals surface area contributed by atoms with Crippen molar-refractivity contribution in [2.24, 2.45) is 17.8 Å². The van der Waals surface area contributed by atoms with Gasteiger partial charge in [-0.3, -0.25) is 0 Å². The fraction of sp³-hybridized carbons (Fsp3) is 0.444. The molecule has 0 radical (unpaired) electrons. The third kappa shape index (κ3) is 3.82. The summed E-state index contributed by atoms with van der Waals surface area (Å²) < 4.78 is 6.85. The number of benzene rings is 2. The summed E-state index contributed by atoms with van der Waals surface area (Å²) >= 11 is 0. The Labute approximate surface area is 170 Å². The molecule has 146 valence electrons. The summed E-state index contributed by atoms with van der Waals surface area (Å²) in [6.07, 6.45) is 8.00. The number of fused-ring (bicyclic) bond motifs is 1. The summed E-state index contributed by atoms with van der Waals surface area (Å²) in [7, 11) is 0. The van der Waals surface area contributed by atoms with Crippen LogP contribution in [-0.4, -0.2) is 0 Å². The number of ether oxygens (including phenoxy) is 1. The Morgan fingerprint density at radius 3 is 2.64 bits per heavy atom. The zero-order valence-electron chi connectivity index (χ0n) is 17.3. The quantitative estimate of drug-likeness (QED) is 0.509. The maximum atomic E-state index is 6.85. The number of hydrogen-bond donors (Lipinski definition) is 0. The van der Waals surface area contributed by atoms with Gasteiger partial charge in [0.25, 0.3) is 0 Å². The second-order valence-electron chi connectivity index (χ2n) is 8.77. The number of allylic oxidation sites excluding steroid dienone is 1. The highest BCUT2D eigenvalue weighted by molar-refractivity contribution is 5.68. The standard InChI is InChI=1S/C27H32O/c1-4-20(3)23-13-7-8-15-26(23)28-27-24-14-6-5-11-21(24)16-17-25(27)22-12-9-10-19(2)18-22/h5-8,11,13-15,19,22,25,27H,1,9-10,12,16-18H2,2-3H3/t19-,22?,25?,27+/m1/s1. The van der Waals surface area contributed by atoms with Crippen molar-refractivity contribution in [1.82, 2.24) is 0 Å². The van der Waals surface area contributed by atoms with Gasteiger partial charge in [0.15, 0.2) is 0 Å². The van der Waals surface area contributed by atoms with Gasteiger partial charge in [-0.25, -0.2) is 0 Å². The Balaban J connectivity index is 1.71. The molecular formula is C27H32O. The maximum absolute atomic E-state index is 6.85. The van der Waals surface area contributed by atoms with Crippen LogP contribution in [0.4, 0.5) is 0 Å². The van der Waals surface area contributed by atoms with Gasteiger partial charge in [0.1, 0.15) is 11.9 Å². The Hall–Kier alpha value is -2.24. The lowest BCUT2D eigenvalue weighted by Gasteiger charge is -2.41. The fourth-order valence-electron chi connectivity index (χ4n) is 5.36. The van der Waals surface area contributed by atoms with Crippen molar-refractivity contribution in [3.05, 3.63) is 77.5 Å². The smallest absolute Gasteiger partial charge is 0.128 e. The van der Waals surface area contributed by atoms with Gasteiger partial charge in [-0.1, -0.05) is 75.2 Å². The summed E-state index contributed by atoms with van der Waals surface area (Å²) in [6, 6.07) is 17.3. The molecule has 2 aliphatic rings. The van der Waals surface area contributed by atoms with Gasteiger partial charge in [-0.2, -0.15) is 0 Å². The van der Waals surface area contributed by atoms with Gasteiger partial charge in [-0.05, 0) is 55.2 Å². The molecule has 0 amide bonds. The summed E-state index contributed by atoms with van der Waals surface area (Å²) in [5, 5.41) is 0. The molecule has 0 aliphatic heterocycles. The van der Waals surface area contributed by atoms with Crippen molar-refractivity contribution in [2.75, 3.05) is 0 Å². The average molecular weight is 373 g/mol. The SMILES string of the molecule is C=C=C(C)c1ccccc1O[C@H]1c2ccccc2CCC1C1CCC[C@@H](C)C1. The van der Waals surface area contributed by atoms with Crippen LogP contribution in [0.15, 0.2) is 60.8 Å². The van der Waals surface area contributed by atoms with E-state index in [9.17, 15) is 0 Å². The van der Waals surface area contributed by atoms with E-state index in [0.717, 1.165) is 28.7 Å². The number of para-hydroxylation sites is 1. The highest BCUT2D eigenvalue weighted by atomic mass is 16.5. The van der Waals surface area contributed by atoms with Crippen molar-refractivity contribution in [1.29, 1.82) is 0 Å². The molecular weight excluding hydrogens is 340 g/mol. The monoisotopic (exact) mass is 372 g/mol. The van der Waals surface area contributed by atoms with Crippen LogP contribution in [-0.2, 0) is 6.42 Å². The zero-order valence-corrected chi connectivity index (χ0v) is 17.3. The van der Waals surface area contributed by atoms with Gasteiger partial charge in [0.05, 0.1) is 0 Å². The molecule has 4 rings (SSSR count). The van der Waals surface area contributed by atoms with Gasteiger partial charge in [0.2, 0.25) is 0 Å². The van der Waals surface area contributed by atoms with Gasteiger partial charge in [0, 0.05) is 17.1 Å². The third-order valence-electron chi connectivity index (χ3n) is 6.89. The predicted octanol–water partition coefficient (Wildman–Crippen LogP) is 7.38. The highest BCUT2D eigenvalue weighted by Gasteiger charge is 2.38. The molecule has 4 atom stereocenters. The van der Waals surface area contributed by atoms with Crippen molar-refractivity contribution in [2.45, 2.75) is 58.5 Å². The summed E-state index contributed by atoms with van der Waals surface area (Å²) in [6.45, 7) is 8.32. The van der Waals surface area contributed by atoms with E-state index in [-0.39, 0.29) is 6.10 Å². The van der Waals surface area contributed by atoms with Crippen molar-refractivity contribution >= 4 is 5.57 Å². The Morgan fingerprint density at radius 1 is 1.04 bits per heavy atom. The van der Waals surface area contributed by atoms with E-state index in [2.05, 4.69) is 74.7 Å². The predicted molar refractivity (Wildman–Crippen MR) is 117 cm³/mol. The van der Waals surface area contributed by atoms with E-state index >= 15 is 0 Å². The van der Waals surface area contributed by atoms with Gasteiger partial charge >= 0.3 is 0 Å². The normalized spacial score (nSPS) is 26.8. The van der Waals surface area contributed by atoms with Crippen molar-refractivity contribution in [3.63, 3.8) is 0 Å². The first-order valence-electron chi connectivity index (χ1n) is 10.9. The molecule has 0 N–H and O–H groups in total. The van der Waals surface area contributed by atoms with E-state index in [1.54, 1.807) is 0 Å². The molecule has 1 fully saturated rings. The van der Waals surface area contributed by atoms with Crippen molar-refractivity contribution < 1.29 is 4.74 Å². The largest absolute Gasteiger partial charge is 0.485 e. The van der Waals surface area contributed by atoms with Gasteiger partial charge in [-0.15, -0.1) is 5.73 Å². The molecule has 0 aromatic heterocycles. The molecule has 2 aromatic rings. The summed E-state index contributed by atoms with van der Waals surface area (Å²) in [4.78, 5) is 0. The molecule has 1 nitrogen and oxygen atoms in total. The molecule has 1 heteroatoms. The first-order valence-corrected chi connectivity index (χ1v) is 10.9. The number of rotatable bonds is 4. The average Bonchev–Trinajstić information content (AvgIpc) is 2.74. The maximum Gasteiger partial charge on any atom is 0.128 e. The zero-order chi connectivity index (χ0) is 19.5. The lowest BCUT2D eigenvalue weighted by molar-refractivity contribution is 0.0545. The Kier molecular flexibility index (Phi) is 5.74. The van der Waals surface area contributed by atoms with Crippen LogP contribution in [0.2, 0.25) is 0 Å². The lowest BCUT2D eigenvalue weighted by Crippen LogP contribution is -2.33. The first kappa shape index (κ1) is 19.1. The minimum atomic E-state index is 0.138. The number of hydrogen-bond acceptors (Lipinski definition) is 1. The van der Waals surface area contributed by atoms with Crippen molar-refractivity contribution in [3.8, 4) is 5.75 Å². The van der Waals surface area contributed by atoms with Crippen LogP contribution in [0, 0.1) is 17.8 Å². The first-order chi connectivity index (χ1) is 13.7. The molecule has 0 heterocycles. The van der Waals surface area contributed by atoms with E-state index < -0.39 is 0 Å². The Bertz CT molecular complexity index is 873. The minimum Gasteiger partial charge on any atom is -0.485 e. The molecule has 2 unspecified atom stereocenters. The second-order valence-corrected chi connectivity index (χ2v) is 8.77. The molecule has 1 saturated carbocycles. The second kappa shape index (κ2) is 8.41. The fourth-order valence-corrected chi connectivity index (χ4v) is 5.36. The minimum absolute atomic E-state index is 0.138. The molecule has 0 bridgehead atoms. The van der Waals surface area contributed by atoms with E-state index in [1.807, 2.05) is 0 Å². The summed E-state index contributed by atoms with van der Waals surface area (Å²) in [5.41, 5.74) is 8.05. The van der Waals surface area contributed by atoms with Crippen LogP contribution in [0.25, 0.3) is 5.57 Å². The topological polar surface area (TPSA) is 9.23 Å². The molecule has 0 spiro atoms.